The molecule has 0 aromatic carbocycles. The molecule has 3 unspecified atom stereocenters. The Morgan fingerprint density at radius 3 is 2.75 bits per heavy atom. The summed E-state index contributed by atoms with van der Waals surface area (Å²) in [4.78, 5) is 11.8. The van der Waals surface area contributed by atoms with Crippen LogP contribution in [0, 0.1) is 0 Å². The molecule has 0 bridgehead atoms. The molecule has 1 heterocycles. The second-order valence-electron chi connectivity index (χ2n) is 4.96. The van der Waals surface area contributed by atoms with Gasteiger partial charge >= 0.3 is 0 Å². The lowest BCUT2D eigenvalue weighted by atomic mass is 9.91. The third-order valence-electron chi connectivity index (χ3n) is 3.60. The van der Waals surface area contributed by atoms with Crippen molar-refractivity contribution in [3.63, 3.8) is 0 Å². The molecule has 1 amide bonds. The lowest BCUT2D eigenvalue weighted by Crippen LogP contribution is -2.49. The minimum absolute atomic E-state index is 0.106. The summed E-state index contributed by atoms with van der Waals surface area (Å²) in [5, 5.41) is 3.05. The molecule has 4 heteroatoms. The van der Waals surface area contributed by atoms with Gasteiger partial charge in [0.2, 0.25) is 5.91 Å². The van der Waals surface area contributed by atoms with Gasteiger partial charge in [-0.1, -0.05) is 12.8 Å². The summed E-state index contributed by atoms with van der Waals surface area (Å²) in [6, 6.07) is 0.324. The molecule has 1 saturated heterocycles. The zero-order valence-electron chi connectivity index (χ0n) is 9.78. The van der Waals surface area contributed by atoms with Crippen LogP contribution in [0.4, 0.5) is 0 Å². The van der Waals surface area contributed by atoms with Crippen LogP contribution in [0.2, 0.25) is 0 Å². The van der Waals surface area contributed by atoms with Crippen molar-refractivity contribution in [3.8, 4) is 0 Å². The highest BCUT2D eigenvalue weighted by Gasteiger charge is 2.25. The van der Waals surface area contributed by atoms with Crippen molar-refractivity contribution in [2.75, 3.05) is 6.61 Å². The quantitative estimate of drug-likeness (QED) is 0.753. The maximum atomic E-state index is 11.8. The van der Waals surface area contributed by atoms with E-state index in [9.17, 15) is 4.79 Å². The molecule has 16 heavy (non-hydrogen) atoms. The van der Waals surface area contributed by atoms with E-state index < -0.39 is 0 Å². The Morgan fingerprint density at radius 1 is 1.25 bits per heavy atom. The molecule has 4 nitrogen and oxygen atoms in total. The largest absolute Gasteiger partial charge is 0.378 e. The molecule has 2 fully saturated rings. The zero-order chi connectivity index (χ0) is 11.4. The lowest BCUT2D eigenvalue weighted by Gasteiger charge is -2.29. The Bertz CT molecular complexity index is 239. The highest BCUT2D eigenvalue weighted by molar-refractivity contribution is 5.76. The molecule has 0 aromatic heterocycles. The van der Waals surface area contributed by atoms with E-state index in [-0.39, 0.29) is 24.1 Å². The van der Waals surface area contributed by atoms with E-state index in [4.69, 9.17) is 10.5 Å². The SMILES string of the molecule is NC1CCCCC1NC(=O)CC1CCCO1. The van der Waals surface area contributed by atoms with Crippen LogP contribution in [0.25, 0.3) is 0 Å². The molecule has 1 saturated carbocycles. The van der Waals surface area contributed by atoms with Gasteiger partial charge in [0.15, 0.2) is 0 Å². The molecule has 2 aliphatic rings. The number of hydrogen-bond acceptors (Lipinski definition) is 3. The van der Waals surface area contributed by atoms with Gasteiger partial charge in [0, 0.05) is 18.7 Å². The number of amides is 1. The monoisotopic (exact) mass is 226 g/mol. The summed E-state index contributed by atoms with van der Waals surface area (Å²) in [7, 11) is 0. The van der Waals surface area contributed by atoms with Crippen LogP contribution in [0.5, 0.6) is 0 Å². The highest BCUT2D eigenvalue weighted by atomic mass is 16.5. The number of rotatable bonds is 3. The maximum Gasteiger partial charge on any atom is 0.222 e. The normalized spacial score (nSPS) is 34.9. The lowest BCUT2D eigenvalue weighted by molar-refractivity contribution is -0.124. The topological polar surface area (TPSA) is 64.3 Å². The van der Waals surface area contributed by atoms with Crippen LogP contribution in [0.3, 0.4) is 0 Å². The van der Waals surface area contributed by atoms with Gasteiger partial charge in [0.1, 0.15) is 0 Å². The molecular formula is C12H22N2O2. The van der Waals surface area contributed by atoms with Crippen molar-refractivity contribution >= 4 is 5.91 Å². The van der Waals surface area contributed by atoms with Gasteiger partial charge in [0.05, 0.1) is 12.5 Å². The Labute approximate surface area is 96.9 Å². The number of nitrogens with two attached hydrogens (primary N) is 1. The number of carbonyl (C=O) groups excluding carboxylic acids is 1. The Morgan fingerprint density at radius 2 is 2.06 bits per heavy atom. The first-order chi connectivity index (χ1) is 7.75. The third-order valence-corrected chi connectivity index (χ3v) is 3.60. The van der Waals surface area contributed by atoms with Crippen molar-refractivity contribution in [2.45, 2.75) is 63.1 Å². The van der Waals surface area contributed by atoms with Crippen molar-refractivity contribution in [1.29, 1.82) is 0 Å². The number of hydrogen-bond donors (Lipinski definition) is 2. The fraction of sp³-hybridized carbons (Fsp3) is 0.917. The van der Waals surface area contributed by atoms with Crippen LogP contribution < -0.4 is 11.1 Å². The van der Waals surface area contributed by atoms with E-state index in [1.165, 1.54) is 12.8 Å². The molecule has 0 spiro atoms. The fourth-order valence-corrected chi connectivity index (χ4v) is 2.62. The van der Waals surface area contributed by atoms with Gasteiger partial charge in [-0.05, 0) is 25.7 Å². The predicted molar refractivity (Wildman–Crippen MR) is 62.0 cm³/mol. The van der Waals surface area contributed by atoms with E-state index in [0.29, 0.717) is 6.42 Å². The van der Waals surface area contributed by atoms with Crippen molar-refractivity contribution in [2.24, 2.45) is 5.73 Å². The summed E-state index contributed by atoms with van der Waals surface area (Å²) >= 11 is 0. The van der Waals surface area contributed by atoms with Gasteiger partial charge in [-0.2, -0.15) is 0 Å². The smallest absolute Gasteiger partial charge is 0.222 e. The van der Waals surface area contributed by atoms with Crippen LogP contribution in [0.15, 0.2) is 0 Å². The standard InChI is InChI=1S/C12H22N2O2/c13-10-5-1-2-6-11(10)14-12(15)8-9-4-3-7-16-9/h9-11H,1-8,13H2,(H,14,15). The van der Waals surface area contributed by atoms with Crippen LogP contribution >= 0.6 is 0 Å². The summed E-state index contributed by atoms with van der Waals surface area (Å²) < 4.78 is 5.45. The Balaban J connectivity index is 1.72. The highest BCUT2D eigenvalue weighted by Crippen LogP contribution is 2.18. The fourth-order valence-electron chi connectivity index (χ4n) is 2.62. The van der Waals surface area contributed by atoms with Gasteiger partial charge < -0.3 is 15.8 Å². The van der Waals surface area contributed by atoms with Crippen molar-refractivity contribution < 1.29 is 9.53 Å². The number of nitrogens with one attached hydrogen (secondary N) is 1. The first-order valence-electron chi connectivity index (χ1n) is 6.42. The van der Waals surface area contributed by atoms with E-state index in [0.717, 1.165) is 32.3 Å². The molecule has 3 atom stereocenters. The van der Waals surface area contributed by atoms with E-state index in [1.807, 2.05) is 0 Å². The van der Waals surface area contributed by atoms with E-state index >= 15 is 0 Å². The maximum absolute atomic E-state index is 11.8. The van der Waals surface area contributed by atoms with E-state index in [2.05, 4.69) is 5.32 Å². The number of ether oxygens (including phenoxy) is 1. The average molecular weight is 226 g/mol. The summed E-state index contributed by atoms with van der Waals surface area (Å²) in [5.41, 5.74) is 5.99. The molecule has 0 radical (unpaired) electrons. The molecule has 1 aliphatic carbocycles. The molecule has 1 aliphatic heterocycles. The van der Waals surface area contributed by atoms with Crippen LogP contribution in [-0.4, -0.2) is 30.7 Å². The van der Waals surface area contributed by atoms with Crippen LogP contribution in [-0.2, 0) is 9.53 Å². The summed E-state index contributed by atoms with van der Waals surface area (Å²) in [6.07, 6.45) is 7.18. The Kier molecular flexibility index (Phi) is 4.18. The van der Waals surface area contributed by atoms with Crippen molar-refractivity contribution in [1.82, 2.24) is 5.32 Å². The van der Waals surface area contributed by atoms with Crippen LogP contribution in [0.1, 0.15) is 44.9 Å². The van der Waals surface area contributed by atoms with Gasteiger partial charge in [0.25, 0.3) is 0 Å². The predicted octanol–water partition coefficient (Wildman–Crippen LogP) is 0.942. The molecule has 2 rings (SSSR count). The first kappa shape index (κ1) is 11.9. The molecular weight excluding hydrogens is 204 g/mol. The van der Waals surface area contributed by atoms with Gasteiger partial charge in [-0.15, -0.1) is 0 Å². The van der Waals surface area contributed by atoms with Gasteiger partial charge in [-0.3, -0.25) is 4.79 Å². The van der Waals surface area contributed by atoms with E-state index in [1.54, 1.807) is 0 Å². The molecule has 3 N–H and O–H groups in total. The number of carbonyl (C=O) groups is 1. The second kappa shape index (κ2) is 5.64. The van der Waals surface area contributed by atoms with Gasteiger partial charge in [-0.25, -0.2) is 0 Å². The third kappa shape index (κ3) is 3.19. The minimum atomic E-state index is 0.106. The molecule has 0 aromatic rings. The Hall–Kier alpha value is -0.610. The minimum Gasteiger partial charge on any atom is -0.378 e. The van der Waals surface area contributed by atoms with Crippen molar-refractivity contribution in [3.05, 3.63) is 0 Å². The zero-order valence-corrected chi connectivity index (χ0v) is 9.78. The molecule has 92 valence electrons. The first-order valence-corrected chi connectivity index (χ1v) is 6.42. The average Bonchev–Trinajstić information content (AvgIpc) is 2.74. The second-order valence-corrected chi connectivity index (χ2v) is 4.96. The summed E-state index contributed by atoms with van der Waals surface area (Å²) in [6.45, 7) is 0.806. The summed E-state index contributed by atoms with van der Waals surface area (Å²) in [5.74, 6) is 0.106.